The third kappa shape index (κ3) is 1.84. The van der Waals surface area contributed by atoms with Crippen LogP contribution in [0.4, 0.5) is 0 Å². The van der Waals surface area contributed by atoms with Crippen molar-refractivity contribution in [1.29, 1.82) is 0 Å². The Balaban J connectivity index is 2.80. The molecule has 0 aromatic carbocycles. The number of ketones is 1. The molecule has 60 valence electrons. The van der Waals surface area contributed by atoms with Gasteiger partial charge in [0, 0.05) is 18.8 Å². The van der Waals surface area contributed by atoms with Crippen LogP contribution in [0.25, 0.3) is 0 Å². The van der Waals surface area contributed by atoms with Gasteiger partial charge in [0.2, 0.25) is 0 Å². The lowest BCUT2D eigenvalue weighted by Gasteiger charge is -2.21. The van der Waals surface area contributed by atoms with Gasteiger partial charge in [-0.15, -0.1) is 0 Å². The minimum atomic E-state index is -0.195. The van der Waals surface area contributed by atoms with Crippen LogP contribution in [0.15, 0.2) is 23.9 Å². The number of nitrogens with zero attached hydrogens (tertiary/aromatic N) is 1. The maximum absolute atomic E-state index is 10.9. The number of hydrogen-bond acceptors (Lipinski definition) is 2. The molecule has 0 amide bonds. The average Bonchev–Trinajstić information content (AvgIpc) is 1.94. The van der Waals surface area contributed by atoms with E-state index in [0.717, 1.165) is 0 Å². The quantitative estimate of drug-likeness (QED) is 0.441. The summed E-state index contributed by atoms with van der Waals surface area (Å²) in [5.41, 5.74) is 0.488. The lowest BCUT2D eigenvalue weighted by Crippen LogP contribution is -2.23. The molecule has 0 saturated carbocycles. The van der Waals surface area contributed by atoms with E-state index in [1.54, 1.807) is 18.4 Å². The van der Waals surface area contributed by atoms with Gasteiger partial charge in [-0.25, -0.2) is 0 Å². The van der Waals surface area contributed by atoms with E-state index in [2.05, 4.69) is 0 Å². The van der Waals surface area contributed by atoms with Crippen LogP contribution in [0, 0.1) is 0 Å². The van der Waals surface area contributed by atoms with Gasteiger partial charge in [-0.05, 0) is 19.1 Å². The van der Waals surface area contributed by atoms with E-state index in [1.165, 1.54) is 6.92 Å². The van der Waals surface area contributed by atoms with E-state index in [0.29, 0.717) is 5.57 Å². The molecule has 0 aromatic heterocycles. The number of Topliss-reactive ketones (excluding diaryl/α,β-unsaturated/α-hetero) is 1. The second kappa shape index (κ2) is 3.09. The average molecular weight is 172 g/mol. The topological polar surface area (TPSA) is 20.3 Å². The number of carbonyl (C=O) groups excluding carboxylic acids is 1. The molecule has 2 nitrogen and oxygen atoms in total. The van der Waals surface area contributed by atoms with Crippen molar-refractivity contribution in [2.24, 2.45) is 0 Å². The van der Waals surface area contributed by atoms with Crippen molar-refractivity contribution < 1.29 is 4.79 Å². The first kappa shape index (κ1) is 8.34. The molecular weight excluding hydrogens is 162 g/mol. The van der Waals surface area contributed by atoms with E-state index in [1.807, 2.05) is 11.9 Å². The number of allylic oxidation sites excluding steroid dienone is 2. The summed E-state index contributed by atoms with van der Waals surface area (Å²) in [4.78, 5) is 12.7. The zero-order chi connectivity index (χ0) is 8.43. The maximum atomic E-state index is 10.9. The summed E-state index contributed by atoms with van der Waals surface area (Å²) in [5, 5.41) is 0. The fourth-order valence-corrected chi connectivity index (χ4v) is 1.04. The van der Waals surface area contributed by atoms with Crippen molar-refractivity contribution in [3.8, 4) is 0 Å². The highest BCUT2D eigenvalue weighted by molar-refractivity contribution is 6.22. The zero-order valence-electron chi connectivity index (χ0n) is 6.54. The molecule has 11 heavy (non-hydrogen) atoms. The standard InChI is InChI=1S/C8H10ClNO/c1-6(11)7-3-4-10(2)8(9)5-7/h3-5,8H,1-2H3. The maximum Gasteiger partial charge on any atom is 0.159 e. The normalized spacial score (nSPS) is 23.4. The molecule has 0 saturated heterocycles. The summed E-state index contributed by atoms with van der Waals surface area (Å²) >= 11 is 5.85. The smallest absolute Gasteiger partial charge is 0.159 e. The van der Waals surface area contributed by atoms with Crippen molar-refractivity contribution in [3.05, 3.63) is 23.9 Å². The molecule has 1 atom stereocenters. The van der Waals surface area contributed by atoms with Crippen LogP contribution in [-0.4, -0.2) is 23.2 Å². The highest BCUT2D eigenvalue weighted by Crippen LogP contribution is 2.15. The minimum absolute atomic E-state index is 0.0556. The monoisotopic (exact) mass is 171 g/mol. The van der Waals surface area contributed by atoms with Gasteiger partial charge in [-0.3, -0.25) is 4.79 Å². The second-order valence-electron chi connectivity index (χ2n) is 2.53. The summed E-state index contributed by atoms with van der Waals surface area (Å²) in [5.74, 6) is 0.0556. The van der Waals surface area contributed by atoms with Crippen LogP contribution in [0.5, 0.6) is 0 Å². The molecule has 0 radical (unpaired) electrons. The fraction of sp³-hybridized carbons (Fsp3) is 0.375. The van der Waals surface area contributed by atoms with Crippen molar-refractivity contribution in [2.45, 2.75) is 12.4 Å². The molecule has 1 heterocycles. The molecule has 0 spiro atoms. The van der Waals surface area contributed by atoms with Crippen molar-refractivity contribution in [3.63, 3.8) is 0 Å². The first-order valence-electron chi connectivity index (χ1n) is 3.38. The molecule has 0 aliphatic carbocycles. The largest absolute Gasteiger partial charge is 0.361 e. The van der Waals surface area contributed by atoms with Gasteiger partial charge in [0.15, 0.2) is 5.78 Å². The number of carbonyl (C=O) groups is 1. The molecule has 0 bridgehead atoms. The predicted octanol–water partition coefficient (Wildman–Crippen LogP) is 1.53. The Morgan fingerprint density at radius 3 is 2.82 bits per heavy atom. The molecular formula is C8H10ClNO. The number of rotatable bonds is 1. The van der Waals surface area contributed by atoms with E-state index in [9.17, 15) is 4.79 Å². The summed E-state index contributed by atoms with van der Waals surface area (Å²) in [6.07, 6.45) is 5.31. The number of hydrogen-bond donors (Lipinski definition) is 0. The van der Waals surface area contributed by atoms with Crippen molar-refractivity contribution >= 4 is 17.4 Å². The molecule has 3 heteroatoms. The van der Waals surface area contributed by atoms with Gasteiger partial charge in [0.05, 0.1) is 0 Å². The molecule has 1 aliphatic heterocycles. The Morgan fingerprint density at radius 1 is 1.73 bits per heavy atom. The Labute approximate surface area is 71.1 Å². The van der Waals surface area contributed by atoms with Gasteiger partial charge in [0.1, 0.15) is 5.50 Å². The minimum Gasteiger partial charge on any atom is -0.361 e. The summed E-state index contributed by atoms with van der Waals surface area (Å²) in [7, 11) is 1.86. The SMILES string of the molecule is CC(=O)C1=CC(Cl)N(C)C=C1. The van der Waals surface area contributed by atoms with Crippen molar-refractivity contribution in [1.82, 2.24) is 4.90 Å². The molecule has 1 rings (SSSR count). The molecule has 1 aliphatic rings. The van der Waals surface area contributed by atoms with Crippen LogP contribution in [-0.2, 0) is 4.79 Å². The summed E-state index contributed by atoms with van der Waals surface area (Å²) < 4.78 is 0. The van der Waals surface area contributed by atoms with Crippen LogP contribution >= 0.6 is 11.6 Å². The lowest BCUT2D eigenvalue weighted by molar-refractivity contribution is -0.113. The number of likely N-dealkylation sites (N-methyl/N-ethyl adjacent to an activating group) is 1. The Kier molecular flexibility index (Phi) is 2.35. The van der Waals surface area contributed by atoms with E-state index in [-0.39, 0.29) is 11.3 Å². The van der Waals surface area contributed by atoms with Crippen LogP contribution in [0.3, 0.4) is 0 Å². The number of halogens is 1. The van der Waals surface area contributed by atoms with E-state index in [4.69, 9.17) is 11.6 Å². The third-order valence-corrected chi connectivity index (χ3v) is 2.04. The van der Waals surface area contributed by atoms with Gasteiger partial charge >= 0.3 is 0 Å². The highest BCUT2D eigenvalue weighted by Gasteiger charge is 2.12. The Hall–Kier alpha value is -0.760. The predicted molar refractivity (Wildman–Crippen MR) is 45.3 cm³/mol. The first-order valence-corrected chi connectivity index (χ1v) is 3.82. The van der Waals surface area contributed by atoms with Gasteiger partial charge in [-0.2, -0.15) is 0 Å². The Bertz CT molecular complexity index is 232. The summed E-state index contributed by atoms with van der Waals surface area (Å²) in [6.45, 7) is 1.53. The van der Waals surface area contributed by atoms with Gasteiger partial charge in [0.25, 0.3) is 0 Å². The molecule has 0 aromatic rings. The van der Waals surface area contributed by atoms with Gasteiger partial charge < -0.3 is 4.90 Å². The third-order valence-electron chi connectivity index (χ3n) is 1.60. The fourth-order valence-electron chi connectivity index (χ4n) is 0.836. The molecule has 1 unspecified atom stereocenters. The zero-order valence-corrected chi connectivity index (χ0v) is 7.30. The van der Waals surface area contributed by atoms with Crippen LogP contribution < -0.4 is 0 Å². The van der Waals surface area contributed by atoms with E-state index < -0.39 is 0 Å². The van der Waals surface area contributed by atoms with E-state index >= 15 is 0 Å². The van der Waals surface area contributed by atoms with Crippen LogP contribution in [0.1, 0.15) is 6.92 Å². The van der Waals surface area contributed by atoms with Gasteiger partial charge in [-0.1, -0.05) is 11.6 Å². The van der Waals surface area contributed by atoms with Crippen molar-refractivity contribution in [2.75, 3.05) is 7.05 Å². The first-order chi connectivity index (χ1) is 5.11. The highest BCUT2D eigenvalue weighted by atomic mass is 35.5. The second-order valence-corrected chi connectivity index (χ2v) is 2.98. The lowest BCUT2D eigenvalue weighted by atomic mass is 10.1. The molecule has 0 fully saturated rings. The number of alkyl halides is 1. The molecule has 0 N–H and O–H groups in total. The van der Waals surface area contributed by atoms with Crippen LogP contribution in [0.2, 0.25) is 0 Å². The summed E-state index contributed by atoms with van der Waals surface area (Å²) in [6, 6.07) is 0. The Morgan fingerprint density at radius 2 is 2.36 bits per heavy atom.